The van der Waals surface area contributed by atoms with Crippen molar-refractivity contribution in [2.45, 2.75) is 32.3 Å². The molecular formula is C8H16O2. The smallest absolute Gasteiger partial charge is 0.0630 e. The monoisotopic (exact) mass is 144 g/mol. The number of hydrogen-bond donors (Lipinski definition) is 1. The van der Waals surface area contributed by atoms with Gasteiger partial charge in [-0.25, -0.2) is 0 Å². The molecule has 2 heteroatoms. The van der Waals surface area contributed by atoms with Crippen molar-refractivity contribution < 1.29 is 9.84 Å². The Bertz CT molecular complexity index is 110. The number of aliphatic hydroxyl groups excluding tert-OH is 1. The van der Waals surface area contributed by atoms with E-state index in [1.54, 1.807) is 0 Å². The summed E-state index contributed by atoms with van der Waals surface area (Å²) in [6, 6.07) is 0. The molecular weight excluding hydrogens is 128 g/mol. The minimum absolute atomic E-state index is 0.0554. The average molecular weight is 144 g/mol. The molecule has 0 aromatic carbocycles. The summed E-state index contributed by atoms with van der Waals surface area (Å²) >= 11 is 0. The van der Waals surface area contributed by atoms with E-state index in [9.17, 15) is 0 Å². The van der Waals surface area contributed by atoms with Gasteiger partial charge in [0, 0.05) is 6.61 Å². The summed E-state index contributed by atoms with van der Waals surface area (Å²) in [5.41, 5.74) is 0.0554. The van der Waals surface area contributed by atoms with Crippen LogP contribution in [0.2, 0.25) is 0 Å². The first-order valence-corrected chi connectivity index (χ1v) is 3.89. The third-order valence-corrected chi connectivity index (χ3v) is 2.03. The van der Waals surface area contributed by atoms with E-state index in [0.717, 1.165) is 19.4 Å². The minimum Gasteiger partial charge on any atom is -0.396 e. The second-order valence-electron chi connectivity index (χ2n) is 3.65. The van der Waals surface area contributed by atoms with Crippen molar-refractivity contribution in [3.8, 4) is 0 Å². The fourth-order valence-corrected chi connectivity index (χ4v) is 1.52. The zero-order chi connectivity index (χ0) is 7.61. The molecule has 1 fully saturated rings. The fraction of sp³-hybridized carbons (Fsp3) is 1.00. The van der Waals surface area contributed by atoms with E-state index >= 15 is 0 Å². The molecule has 0 radical (unpaired) electrons. The molecule has 1 aliphatic rings. The zero-order valence-electron chi connectivity index (χ0n) is 6.76. The van der Waals surface area contributed by atoms with Crippen molar-refractivity contribution >= 4 is 0 Å². The maximum Gasteiger partial charge on any atom is 0.0630 e. The van der Waals surface area contributed by atoms with Crippen LogP contribution in [0.4, 0.5) is 0 Å². The lowest BCUT2D eigenvalue weighted by Crippen LogP contribution is -2.16. The van der Waals surface area contributed by atoms with Gasteiger partial charge in [0.15, 0.2) is 0 Å². The lowest BCUT2D eigenvalue weighted by atomic mass is 9.96. The second kappa shape index (κ2) is 2.89. The fourth-order valence-electron chi connectivity index (χ4n) is 1.52. The summed E-state index contributed by atoms with van der Waals surface area (Å²) in [6.45, 7) is 5.33. The van der Waals surface area contributed by atoms with Crippen molar-refractivity contribution in [3.63, 3.8) is 0 Å². The molecule has 2 nitrogen and oxygen atoms in total. The summed E-state index contributed by atoms with van der Waals surface area (Å²) < 4.78 is 5.49. The summed E-state index contributed by atoms with van der Waals surface area (Å²) in [4.78, 5) is 0. The van der Waals surface area contributed by atoms with Gasteiger partial charge in [-0.1, -0.05) is 0 Å². The maximum atomic E-state index is 8.64. The van der Waals surface area contributed by atoms with Crippen molar-refractivity contribution in [2.75, 3.05) is 13.2 Å². The SMILES string of the molecule is CC1(C)CC(CCO)CO1. The van der Waals surface area contributed by atoms with Crippen LogP contribution in [0.15, 0.2) is 0 Å². The Kier molecular flexibility index (Phi) is 2.32. The lowest BCUT2D eigenvalue weighted by molar-refractivity contribution is 0.0345. The highest BCUT2D eigenvalue weighted by Crippen LogP contribution is 2.30. The van der Waals surface area contributed by atoms with Gasteiger partial charge in [0.05, 0.1) is 12.2 Å². The molecule has 10 heavy (non-hydrogen) atoms. The molecule has 1 unspecified atom stereocenters. The highest BCUT2D eigenvalue weighted by Gasteiger charge is 2.31. The normalized spacial score (nSPS) is 30.9. The molecule has 0 spiro atoms. The number of ether oxygens (including phenoxy) is 1. The van der Waals surface area contributed by atoms with Gasteiger partial charge in [-0.05, 0) is 32.6 Å². The van der Waals surface area contributed by atoms with E-state index in [-0.39, 0.29) is 5.60 Å². The topological polar surface area (TPSA) is 29.5 Å². The van der Waals surface area contributed by atoms with E-state index in [2.05, 4.69) is 13.8 Å². The molecule has 0 aromatic heterocycles. The van der Waals surface area contributed by atoms with Crippen molar-refractivity contribution in [1.82, 2.24) is 0 Å². The standard InChI is InChI=1S/C8H16O2/c1-8(2)5-7(3-4-9)6-10-8/h7,9H,3-6H2,1-2H3. The molecule has 0 amide bonds. The first-order chi connectivity index (χ1) is 4.64. The van der Waals surface area contributed by atoms with Crippen LogP contribution in [-0.4, -0.2) is 23.9 Å². The van der Waals surface area contributed by atoms with Gasteiger partial charge in [0.2, 0.25) is 0 Å². The van der Waals surface area contributed by atoms with Crippen LogP contribution in [0.25, 0.3) is 0 Å². The summed E-state index contributed by atoms with van der Waals surface area (Å²) in [5.74, 6) is 0.583. The van der Waals surface area contributed by atoms with Gasteiger partial charge < -0.3 is 9.84 Å². The summed E-state index contributed by atoms with van der Waals surface area (Å²) in [7, 11) is 0. The molecule has 0 aromatic rings. The Labute approximate surface area is 62.2 Å². The van der Waals surface area contributed by atoms with Crippen molar-refractivity contribution in [3.05, 3.63) is 0 Å². The average Bonchev–Trinajstić information content (AvgIpc) is 2.12. The van der Waals surface area contributed by atoms with Crippen LogP contribution in [0, 0.1) is 5.92 Å². The van der Waals surface area contributed by atoms with E-state index in [0.29, 0.717) is 12.5 Å². The maximum absolute atomic E-state index is 8.64. The lowest BCUT2D eigenvalue weighted by Gasteiger charge is -2.15. The first kappa shape index (κ1) is 8.02. The van der Waals surface area contributed by atoms with Crippen LogP contribution in [-0.2, 0) is 4.74 Å². The molecule has 1 rings (SSSR count). The number of hydrogen-bond acceptors (Lipinski definition) is 2. The minimum atomic E-state index is 0.0554. The molecule has 1 N–H and O–H groups in total. The molecule has 0 bridgehead atoms. The Hall–Kier alpha value is -0.0800. The highest BCUT2D eigenvalue weighted by atomic mass is 16.5. The van der Waals surface area contributed by atoms with Crippen LogP contribution < -0.4 is 0 Å². The number of rotatable bonds is 2. The molecule has 60 valence electrons. The highest BCUT2D eigenvalue weighted by molar-refractivity contribution is 4.80. The van der Waals surface area contributed by atoms with Gasteiger partial charge in [0.25, 0.3) is 0 Å². The Morgan fingerprint density at radius 1 is 1.60 bits per heavy atom. The predicted octanol–water partition coefficient (Wildman–Crippen LogP) is 1.18. The van der Waals surface area contributed by atoms with Crippen LogP contribution in [0.3, 0.4) is 0 Å². The van der Waals surface area contributed by atoms with Gasteiger partial charge in [0.1, 0.15) is 0 Å². The van der Waals surface area contributed by atoms with E-state index in [4.69, 9.17) is 9.84 Å². The molecule has 1 atom stereocenters. The molecule has 1 heterocycles. The van der Waals surface area contributed by atoms with Crippen LogP contribution >= 0.6 is 0 Å². The molecule has 0 aliphatic carbocycles. The van der Waals surface area contributed by atoms with Gasteiger partial charge >= 0.3 is 0 Å². The van der Waals surface area contributed by atoms with Crippen molar-refractivity contribution in [2.24, 2.45) is 5.92 Å². The first-order valence-electron chi connectivity index (χ1n) is 3.89. The van der Waals surface area contributed by atoms with Crippen LogP contribution in [0.1, 0.15) is 26.7 Å². The van der Waals surface area contributed by atoms with Gasteiger partial charge in [-0.2, -0.15) is 0 Å². The van der Waals surface area contributed by atoms with Crippen molar-refractivity contribution in [1.29, 1.82) is 0 Å². The molecule has 1 saturated heterocycles. The van der Waals surface area contributed by atoms with E-state index in [1.165, 1.54) is 0 Å². The van der Waals surface area contributed by atoms with Gasteiger partial charge in [-0.15, -0.1) is 0 Å². The predicted molar refractivity (Wildman–Crippen MR) is 39.8 cm³/mol. The second-order valence-corrected chi connectivity index (χ2v) is 3.65. The third kappa shape index (κ3) is 1.96. The largest absolute Gasteiger partial charge is 0.396 e. The van der Waals surface area contributed by atoms with Crippen LogP contribution in [0.5, 0.6) is 0 Å². The Morgan fingerprint density at radius 3 is 2.70 bits per heavy atom. The molecule has 0 saturated carbocycles. The summed E-state index contributed by atoms with van der Waals surface area (Å²) in [6.07, 6.45) is 1.98. The Morgan fingerprint density at radius 2 is 2.30 bits per heavy atom. The number of aliphatic hydroxyl groups is 1. The molecule has 1 aliphatic heterocycles. The van der Waals surface area contributed by atoms with E-state index < -0.39 is 0 Å². The third-order valence-electron chi connectivity index (χ3n) is 2.03. The van der Waals surface area contributed by atoms with E-state index in [1.807, 2.05) is 0 Å². The zero-order valence-corrected chi connectivity index (χ0v) is 6.76. The Balaban J connectivity index is 2.29. The summed E-state index contributed by atoms with van der Waals surface area (Å²) in [5, 5.41) is 8.64. The van der Waals surface area contributed by atoms with Gasteiger partial charge in [-0.3, -0.25) is 0 Å². The quantitative estimate of drug-likeness (QED) is 0.630.